The average molecular weight is 271 g/mol. The second-order valence-electron chi connectivity index (χ2n) is 5.59. The van der Waals surface area contributed by atoms with Gasteiger partial charge in [0.05, 0.1) is 0 Å². The molecule has 1 aromatic rings. The van der Waals surface area contributed by atoms with Crippen LogP contribution in [0.25, 0.3) is 5.57 Å². The molecule has 1 aromatic carbocycles. The number of aryl methyl sites for hydroxylation is 1. The molecule has 0 heterocycles. The molecule has 0 spiro atoms. The van der Waals surface area contributed by atoms with Gasteiger partial charge in [-0.2, -0.15) is 0 Å². The molecule has 1 rings (SSSR count). The van der Waals surface area contributed by atoms with Gasteiger partial charge in [0, 0.05) is 13.3 Å². The maximum atomic E-state index is 4.21. The second-order valence-corrected chi connectivity index (χ2v) is 5.59. The lowest BCUT2D eigenvalue weighted by atomic mass is 9.93. The molecule has 0 aliphatic carbocycles. The highest BCUT2D eigenvalue weighted by molar-refractivity contribution is 6.09. The summed E-state index contributed by atoms with van der Waals surface area (Å²) in [5.41, 5.74) is 3.83. The van der Waals surface area contributed by atoms with Crippen LogP contribution in [0.3, 0.4) is 0 Å². The van der Waals surface area contributed by atoms with E-state index in [2.05, 4.69) is 56.1 Å². The number of benzene rings is 1. The van der Waals surface area contributed by atoms with E-state index in [0.29, 0.717) is 0 Å². The Labute approximate surface area is 124 Å². The van der Waals surface area contributed by atoms with Crippen molar-refractivity contribution in [3.05, 3.63) is 41.5 Å². The molecule has 110 valence electrons. The Balaban J connectivity index is 2.83. The van der Waals surface area contributed by atoms with Gasteiger partial charge in [-0.3, -0.25) is 4.99 Å². The molecule has 0 saturated heterocycles. The maximum absolute atomic E-state index is 4.21. The maximum Gasteiger partial charge on any atom is 0.0284 e. The van der Waals surface area contributed by atoms with Gasteiger partial charge < -0.3 is 0 Å². The van der Waals surface area contributed by atoms with Gasteiger partial charge in [0.1, 0.15) is 0 Å². The molecule has 0 saturated carbocycles. The quantitative estimate of drug-likeness (QED) is 0.539. The van der Waals surface area contributed by atoms with E-state index in [1.807, 2.05) is 13.3 Å². The first-order chi connectivity index (χ1) is 9.71. The number of aliphatic imine (C=N–C) groups is 1. The van der Waals surface area contributed by atoms with Crippen LogP contribution >= 0.6 is 0 Å². The van der Waals surface area contributed by atoms with Gasteiger partial charge in [0.15, 0.2) is 0 Å². The predicted molar refractivity (Wildman–Crippen MR) is 91.5 cm³/mol. The Morgan fingerprint density at radius 1 is 1.10 bits per heavy atom. The summed E-state index contributed by atoms with van der Waals surface area (Å²) in [5, 5.41) is 0. The van der Waals surface area contributed by atoms with E-state index in [9.17, 15) is 0 Å². The summed E-state index contributed by atoms with van der Waals surface area (Å²) in [4.78, 5) is 4.21. The molecule has 0 bridgehead atoms. The molecule has 1 nitrogen and oxygen atoms in total. The van der Waals surface area contributed by atoms with E-state index in [1.54, 1.807) is 0 Å². The van der Waals surface area contributed by atoms with Gasteiger partial charge in [-0.15, -0.1) is 0 Å². The normalized spacial score (nSPS) is 12.6. The molecule has 0 radical (unpaired) electrons. The van der Waals surface area contributed by atoms with Gasteiger partial charge in [-0.05, 0) is 30.4 Å². The van der Waals surface area contributed by atoms with Crippen molar-refractivity contribution in [2.75, 3.05) is 7.05 Å². The number of hydrogen-bond donors (Lipinski definition) is 0. The summed E-state index contributed by atoms with van der Waals surface area (Å²) in [6.45, 7) is 6.68. The van der Waals surface area contributed by atoms with Crippen molar-refractivity contribution < 1.29 is 0 Å². The Morgan fingerprint density at radius 3 is 2.20 bits per heavy atom. The fourth-order valence-corrected chi connectivity index (χ4v) is 2.62. The summed E-state index contributed by atoms with van der Waals surface area (Å²) in [7, 11) is 1.84. The molecule has 0 N–H and O–H groups in total. The standard InChI is InChI=1S/C19H29N/c1-5-7-17(8-6-2)11-14-19(15-20-4)18-12-9-16(3)10-13-18/h9-10,12-15,17H,5-8,11H2,1-4H3/b19-14+,20-15-. The van der Waals surface area contributed by atoms with Crippen molar-refractivity contribution >= 4 is 11.8 Å². The Hall–Kier alpha value is -1.37. The lowest BCUT2D eigenvalue weighted by Gasteiger charge is -2.13. The number of rotatable bonds is 8. The van der Waals surface area contributed by atoms with Gasteiger partial charge >= 0.3 is 0 Å². The predicted octanol–water partition coefficient (Wildman–Crippen LogP) is 5.69. The molecule has 1 heteroatoms. The zero-order valence-corrected chi connectivity index (χ0v) is 13.5. The van der Waals surface area contributed by atoms with Gasteiger partial charge in [-0.25, -0.2) is 0 Å². The van der Waals surface area contributed by atoms with Gasteiger partial charge in [0.25, 0.3) is 0 Å². The Bertz CT molecular complexity index is 420. The second kappa shape index (κ2) is 9.52. The van der Waals surface area contributed by atoms with Crippen LogP contribution in [0.2, 0.25) is 0 Å². The molecule has 0 aromatic heterocycles. The van der Waals surface area contributed by atoms with Crippen molar-refractivity contribution in [3.8, 4) is 0 Å². The van der Waals surface area contributed by atoms with Gasteiger partial charge in [0.2, 0.25) is 0 Å². The van der Waals surface area contributed by atoms with Crippen molar-refractivity contribution in [2.24, 2.45) is 10.9 Å². The minimum Gasteiger partial charge on any atom is -0.296 e. The van der Waals surface area contributed by atoms with Crippen molar-refractivity contribution in [1.29, 1.82) is 0 Å². The van der Waals surface area contributed by atoms with Crippen LogP contribution in [0, 0.1) is 12.8 Å². The molecule has 0 aliphatic heterocycles. The monoisotopic (exact) mass is 271 g/mol. The minimum atomic E-state index is 0.815. The Kier molecular flexibility index (Phi) is 7.94. The summed E-state index contributed by atoms with van der Waals surface area (Å²) in [6.07, 6.45) is 10.7. The SMILES string of the molecule is CCCC(C/C=C(\C=N/C)c1ccc(C)cc1)CCC. The molecule has 0 atom stereocenters. The lowest BCUT2D eigenvalue weighted by molar-refractivity contribution is 0.445. The van der Waals surface area contributed by atoms with E-state index < -0.39 is 0 Å². The highest BCUT2D eigenvalue weighted by Crippen LogP contribution is 2.21. The molecule has 20 heavy (non-hydrogen) atoms. The number of nitrogens with zero attached hydrogens (tertiary/aromatic N) is 1. The van der Waals surface area contributed by atoms with E-state index in [-0.39, 0.29) is 0 Å². The summed E-state index contributed by atoms with van der Waals surface area (Å²) < 4.78 is 0. The molecule has 0 fully saturated rings. The first-order valence-corrected chi connectivity index (χ1v) is 7.90. The third-order valence-corrected chi connectivity index (χ3v) is 3.72. The summed E-state index contributed by atoms with van der Waals surface area (Å²) in [6, 6.07) is 8.72. The fourth-order valence-electron chi connectivity index (χ4n) is 2.62. The van der Waals surface area contributed by atoms with Gasteiger partial charge in [-0.1, -0.05) is 75.4 Å². The molecular formula is C19H29N. The number of allylic oxidation sites excluding steroid dienone is 2. The molecular weight excluding hydrogens is 242 g/mol. The van der Waals surface area contributed by atoms with Crippen LogP contribution in [0.5, 0.6) is 0 Å². The fraction of sp³-hybridized carbons (Fsp3) is 0.526. The third kappa shape index (κ3) is 5.73. The average Bonchev–Trinajstić information content (AvgIpc) is 2.45. The zero-order valence-electron chi connectivity index (χ0n) is 13.5. The molecule has 0 unspecified atom stereocenters. The highest BCUT2D eigenvalue weighted by Gasteiger charge is 2.06. The topological polar surface area (TPSA) is 12.4 Å². The number of hydrogen-bond acceptors (Lipinski definition) is 1. The smallest absolute Gasteiger partial charge is 0.0284 e. The van der Waals surface area contributed by atoms with E-state index in [0.717, 1.165) is 12.3 Å². The first kappa shape index (κ1) is 16.7. The first-order valence-electron chi connectivity index (χ1n) is 7.90. The van der Waals surface area contributed by atoms with E-state index in [1.165, 1.54) is 42.4 Å². The zero-order chi connectivity index (χ0) is 14.8. The highest BCUT2D eigenvalue weighted by atomic mass is 14.6. The van der Waals surface area contributed by atoms with Crippen molar-refractivity contribution in [3.63, 3.8) is 0 Å². The van der Waals surface area contributed by atoms with E-state index in [4.69, 9.17) is 0 Å². The van der Waals surface area contributed by atoms with Crippen molar-refractivity contribution in [1.82, 2.24) is 0 Å². The lowest BCUT2D eigenvalue weighted by Crippen LogP contribution is -1.99. The van der Waals surface area contributed by atoms with Crippen LogP contribution in [0.15, 0.2) is 35.3 Å². The van der Waals surface area contributed by atoms with Crippen molar-refractivity contribution in [2.45, 2.75) is 52.9 Å². The summed E-state index contributed by atoms with van der Waals surface area (Å²) >= 11 is 0. The van der Waals surface area contributed by atoms with Crippen LogP contribution in [-0.2, 0) is 0 Å². The Morgan fingerprint density at radius 2 is 1.70 bits per heavy atom. The largest absolute Gasteiger partial charge is 0.296 e. The van der Waals surface area contributed by atoms with Crippen LogP contribution in [0.1, 0.15) is 57.1 Å². The molecule has 0 amide bonds. The van der Waals surface area contributed by atoms with Crippen LogP contribution in [0.4, 0.5) is 0 Å². The molecule has 0 aliphatic rings. The summed E-state index contributed by atoms with van der Waals surface area (Å²) in [5.74, 6) is 0.815. The van der Waals surface area contributed by atoms with E-state index >= 15 is 0 Å². The van der Waals surface area contributed by atoms with Crippen LogP contribution in [-0.4, -0.2) is 13.3 Å². The third-order valence-electron chi connectivity index (χ3n) is 3.72. The minimum absolute atomic E-state index is 0.815. The van der Waals surface area contributed by atoms with Crippen LogP contribution < -0.4 is 0 Å².